The van der Waals surface area contributed by atoms with Gasteiger partial charge in [-0.05, 0) is 31.0 Å². The number of carbonyl (C=O) groups excluding carboxylic acids is 1. The number of hydrogen-bond acceptors (Lipinski definition) is 3. The number of nitrogens with zero attached hydrogens (tertiary/aromatic N) is 1. The second-order valence-electron chi connectivity index (χ2n) is 4.18. The van der Waals surface area contributed by atoms with Crippen LogP contribution in [0.4, 0.5) is 0 Å². The zero-order valence-corrected chi connectivity index (χ0v) is 10.5. The van der Waals surface area contributed by atoms with Crippen molar-refractivity contribution >= 4 is 5.97 Å². The van der Waals surface area contributed by atoms with Crippen molar-refractivity contribution in [2.45, 2.75) is 13.3 Å². The van der Waals surface area contributed by atoms with E-state index in [2.05, 4.69) is 11.7 Å². The Bertz CT molecular complexity index is 678. The van der Waals surface area contributed by atoms with E-state index in [1.807, 2.05) is 6.92 Å². The van der Waals surface area contributed by atoms with Crippen LogP contribution in [0.25, 0.3) is 5.69 Å². The van der Waals surface area contributed by atoms with Crippen LogP contribution in [-0.4, -0.2) is 15.7 Å². The van der Waals surface area contributed by atoms with Gasteiger partial charge >= 0.3 is 0 Å². The lowest BCUT2D eigenvalue weighted by Gasteiger charge is -2.04. The Kier molecular flexibility index (Phi) is 3.37. The van der Waals surface area contributed by atoms with E-state index >= 15 is 0 Å². The van der Waals surface area contributed by atoms with Crippen molar-refractivity contribution in [3.63, 3.8) is 0 Å². The molecule has 0 bridgehead atoms. The van der Waals surface area contributed by atoms with Crippen molar-refractivity contribution in [3.8, 4) is 5.69 Å². The molecule has 0 unspecified atom stereocenters. The first-order valence-electron chi connectivity index (χ1n) is 5.77. The predicted molar refractivity (Wildman–Crippen MR) is 69.4 cm³/mol. The largest absolute Gasteiger partial charge is 0.545 e. The summed E-state index contributed by atoms with van der Waals surface area (Å²) in [4.78, 5) is 22.8. The number of allylic oxidation sites excluding steroid dienone is 1. The quantitative estimate of drug-likeness (QED) is 0.813. The minimum atomic E-state index is -1.24. The maximum Gasteiger partial charge on any atom is 0.274 e. The summed E-state index contributed by atoms with van der Waals surface area (Å²) in [6.07, 6.45) is 2.16. The Hall–Kier alpha value is -2.56. The highest BCUT2D eigenvalue weighted by molar-refractivity contribution is 5.85. The van der Waals surface area contributed by atoms with Gasteiger partial charge < -0.3 is 9.90 Å². The van der Waals surface area contributed by atoms with Crippen LogP contribution in [0.2, 0.25) is 0 Å². The van der Waals surface area contributed by atoms with Gasteiger partial charge in [0.15, 0.2) is 0 Å². The molecule has 0 atom stereocenters. The first-order valence-corrected chi connectivity index (χ1v) is 5.77. The maximum atomic E-state index is 12.2. The SMILES string of the molecule is C=CCc1c(C)[nH]n(-c2ccc(C(=O)[O-])cc2)c1=O. The Morgan fingerprint density at radius 2 is 2.05 bits per heavy atom. The van der Waals surface area contributed by atoms with Crippen molar-refractivity contribution in [1.29, 1.82) is 0 Å². The van der Waals surface area contributed by atoms with Crippen LogP contribution in [0.1, 0.15) is 21.6 Å². The van der Waals surface area contributed by atoms with E-state index in [0.717, 1.165) is 5.69 Å². The van der Waals surface area contributed by atoms with Crippen molar-refractivity contribution in [2.75, 3.05) is 0 Å². The molecule has 2 rings (SSSR count). The van der Waals surface area contributed by atoms with E-state index in [4.69, 9.17) is 0 Å². The van der Waals surface area contributed by atoms with Crippen LogP contribution in [0.15, 0.2) is 41.7 Å². The fourth-order valence-electron chi connectivity index (χ4n) is 1.89. The second kappa shape index (κ2) is 4.97. The van der Waals surface area contributed by atoms with Crippen LogP contribution < -0.4 is 10.7 Å². The summed E-state index contributed by atoms with van der Waals surface area (Å²) in [6, 6.07) is 5.92. The molecule has 0 aliphatic heterocycles. The van der Waals surface area contributed by atoms with E-state index in [1.165, 1.54) is 16.8 Å². The van der Waals surface area contributed by atoms with Crippen LogP contribution in [0.5, 0.6) is 0 Å². The highest BCUT2D eigenvalue weighted by Crippen LogP contribution is 2.09. The van der Waals surface area contributed by atoms with Crippen molar-refractivity contribution in [1.82, 2.24) is 9.78 Å². The molecule has 0 saturated heterocycles. The zero-order valence-electron chi connectivity index (χ0n) is 10.5. The average Bonchev–Trinajstić information content (AvgIpc) is 2.67. The van der Waals surface area contributed by atoms with E-state index in [1.54, 1.807) is 18.2 Å². The lowest BCUT2D eigenvalue weighted by molar-refractivity contribution is -0.255. The fraction of sp³-hybridized carbons (Fsp3) is 0.143. The van der Waals surface area contributed by atoms with E-state index in [9.17, 15) is 14.7 Å². The number of carbonyl (C=O) groups is 1. The molecule has 1 N–H and O–H groups in total. The number of aromatic carboxylic acids is 1. The standard InChI is InChI=1S/C14H14N2O3/c1-3-4-12-9(2)15-16(13(12)17)11-7-5-10(6-8-11)14(18)19/h3,5-8,15H,1,4H2,2H3,(H,18,19)/p-1. The van der Waals surface area contributed by atoms with Crippen LogP contribution >= 0.6 is 0 Å². The monoisotopic (exact) mass is 257 g/mol. The number of aryl methyl sites for hydroxylation is 1. The molecule has 0 fully saturated rings. The Labute approximate surface area is 109 Å². The first-order chi connectivity index (χ1) is 9.04. The Morgan fingerprint density at radius 1 is 1.42 bits per heavy atom. The number of carboxylic acid groups (broad SMARTS) is 1. The molecule has 0 aliphatic carbocycles. The van der Waals surface area contributed by atoms with Crippen molar-refractivity contribution < 1.29 is 9.90 Å². The molecule has 1 aromatic heterocycles. The van der Waals surface area contributed by atoms with Gasteiger partial charge in [-0.15, -0.1) is 6.58 Å². The number of aromatic nitrogens is 2. The molecule has 0 saturated carbocycles. The number of nitrogens with one attached hydrogen (secondary N) is 1. The van der Waals surface area contributed by atoms with Gasteiger partial charge in [0.25, 0.3) is 5.56 Å². The summed E-state index contributed by atoms with van der Waals surface area (Å²) >= 11 is 0. The smallest absolute Gasteiger partial charge is 0.274 e. The van der Waals surface area contributed by atoms with Gasteiger partial charge in [0.2, 0.25) is 0 Å². The van der Waals surface area contributed by atoms with E-state index in [0.29, 0.717) is 17.7 Å². The molecular formula is C14H13N2O3-. The summed E-state index contributed by atoms with van der Waals surface area (Å²) in [6.45, 7) is 5.43. The molecule has 2 aromatic rings. The van der Waals surface area contributed by atoms with Crippen LogP contribution in [0, 0.1) is 6.92 Å². The third kappa shape index (κ3) is 2.35. The van der Waals surface area contributed by atoms with Crippen molar-refractivity contribution in [2.24, 2.45) is 0 Å². The minimum absolute atomic E-state index is 0.0754. The molecule has 5 nitrogen and oxygen atoms in total. The molecule has 0 spiro atoms. The van der Waals surface area contributed by atoms with Crippen LogP contribution in [-0.2, 0) is 6.42 Å². The number of aromatic amines is 1. The first kappa shape index (κ1) is 12.9. The lowest BCUT2D eigenvalue weighted by atomic mass is 10.2. The van der Waals surface area contributed by atoms with Crippen molar-refractivity contribution in [3.05, 3.63) is 64.1 Å². The molecule has 0 radical (unpaired) electrons. The summed E-state index contributed by atoms with van der Waals surface area (Å²) in [5, 5.41) is 13.6. The van der Waals surface area contributed by atoms with Crippen LogP contribution in [0.3, 0.4) is 0 Å². The topological polar surface area (TPSA) is 77.9 Å². The molecule has 0 amide bonds. The number of H-pyrrole nitrogens is 1. The highest BCUT2D eigenvalue weighted by Gasteiger charge is 2.10. The van der Waals surface area contributed by atoms with Gasteiger partial charge in [0, 0.05) is 11.3 Å². The number of benzene rings is 1. The Balaban J connectivity index is 2.47. The molecule has 1 aromatic carbocycles. The second-order valence-corrected chi connectivity index (χ2v) is 4.18. The third-order valence-electron chi connectivity index (χ3n) is 2.90. The molecule has 1 heterocycles. The molecule has 98 valence electrons. The fourth-order valence-corrected chi connectivity index (χ4v) is 1.89. The third-order valence-corrected chi connectivity index (χ3v) is 2.90. The molecule has 19 heavy (non-hydrogen) atoms. The van der Waals surface area contributed by atoms with Gasteiger partial charge in [0.1, 0.15) is 0 Å². The maximum absolute atomic E-state index is 12.2. The summed E-state index contributed by atoms with van der Waals surface area (Å²) in [7, 11) is 0. The highest BCUT2D eigenvalue weighted by atomic mass is 16.4. The summed E-state index contributed by atoms with van der Waals surface area (Å²) in [5.74, 6) is -1.24. The lowest BCUT2D eigenvalue weighted by Crippen LogP contribution is -2.22. The van der Waals surface area contributed by atoms with Gasteiger partial charge in [-0.3, -0.25) is 9.89 Å². The summed E-state index contributed by atoms with van der Waals surface area (Å²) < 4.78 is 1.38. The number of hydrogen-bond donors (Lipinski definition) is 1. The minimum Gasteiger partial charge on any atom is -0.545 e. The predicted octanol–water partition coefficient (Wildman–Crippen LogP) is 0.566. The number of rotatable bonds is 4. The molecule has 5 heteroatoms. The molecule has 0 aliphatic rings. The van der Waals surface area contributed by atoms with Gasteiger partial charge in [-0.25, -0.2) is 4.68 Å². The zero-order chi connectivity index (χ0) is 14.0. The number of carboxylic acids is 1. The van der Waals surface area contributed by atoms with E-state index < -0.39 is 5.97 Å². The van der Waals surface area contributed by atoms with Gasteiger partial charge in [-0.1, -0.05) is 18.2 Å². The molecular weight excluding hydrogens is 244 g/mol. The van der Waals surface area contributed by atoms with Gasteiger partial charge in [-0.2, -0.15) is 0 Å². The average molecular weight is 257 g/mol. The normalized spacial score (nSPS) is 10.4. The van der Waals surface area contributed by atoms with Gasteiger partial charge in [0.05, 0.1) is 11.7 Å². The Morgan fingerprint density at radius 3 is 2.58 bits per heavy atom. The van der Waals surface area contributed by atoms with E-state index in [-0.39, 0.29) is 11.1 Å². The summed E-state index contributed by atoms with van der Waals surface area (Å²) in [5.41, 5.74) is 1.92.